The van der Waals surface area contributed by atoms with E-state index in [1.807, 2.05) is 12.1 Å². The maximum Gasteiger partial charge on any atom is 0.214 e. The summed E-state index contributed by atoms with van der Waals surface area (Å²) in [6.07, 6.45) is 6.27. The van der Waals surface area contributed by atoms with E-state index in [2.05, 4.69) is 39.4 Å². The fourth-order valence-electron chi connectivity index (χ4n) is 4.49. The summed E-state index contributed by atoms with van der Waals surface area (Å²) < 4.78 is 2.14. The van der Waals surface area contributed by atoms with Crippen molar-refractivity contribution in [2.24, 2.45) is 0 Å². The standard InChI is InChI=1S/C19H27ClN6/c1-24-11-13-25(14-12-24)18(15-7-9-16(20)10-8-15)19-21-22-23-26(19)17-5-3-2-4-6-17/h7-10,17-18H,2-6,11-14H2,1H3/p+2/t18-/m0/s1. The van der Waals surface area contributed by atoms with E-state index in [1.165, 1.54) is 50.8 Å². The lowest BCUT2D eigenvalue weighted by atomic mass is 9.95. The number of halogens is 1. The lowest BCUT2D eigenvalue weighted by molar-refractivity contribution is -1.02. The van der Waals surface area contributed by atoms with Crippen LogP contribution in [0.3, 0.4) is 0 Å². The molecule has 6 nitrogen and oxygen atoms in total. The number of hydrogen-bond donors (Lipinski definition) is 2. The molecule has 2 fully saturated rings. The predicted molar refractivity (Wildman–Crippen MR) is 101 cm³/mol. The van der Waals surface area contributed by atoms with Crippen LogP contribution in [0.25, 0.3) is 0 Å². The van der Waals surface area contributed by atoms with Crippen LogP contribution < -0.4 is 9.80 Å². The summed E-state index contributed by atoms with van der Waals surface area (Å²) in [4.78, 5) is 3.17. The van der Waals surface area contributed by atoms with E-state index in [1.54, 1.807) is 9.80 Å². The molecular weight excluding hydrogens is 348 g/mol. The summed E-state index contributed by atoms with van der Waals surface area (Å²) in [5.74, 6) is 1.02. The van der Waals surface area contributed by atoms with E-state index in [4.69, 9.17) is 11.6 Å². The SMILES string of the molecule is C[NH+]1CC[NH+]([C@@H](c2ccc(Cl)cc2)c2nnnn2C2CCCCC2)CC1. The van der Waals surface area contributed by atoms with E-state index in [9.17, 15) is 0 Å². The van der Waals surface area contributed by atoms with E-state index in [0.717, 1.165) is 23.9 Å². The fourth-order valence-corrected chi connectivity index (χ4v) is 4.61. The van der Waals surface area contributed by atoms with Crippen LogP contribution >= 0.6 is 11.6 Å². The molecule has 1 aliphatic heterocycles. The van der Waals surface area contributed by atoms with Gasteiger partial charge in [0.25, 0.3) is 0 Å². The van der Waals surface area contributed by atoms with Gasteiger partial charge in [-0.2, -0.15) is 0 Å². The Hall–Kier alpha value is -1.50. The van der Waals surface area contributed by atoms with Crippen molar-refractivity contribution in [1.82, 2.24) is 20.2 Å². The fraction of sp³-hybridized carbons (Fsp3) is 0.632. The average molecular weight is 377 g/mol. The number of benzene rings is 1. The highest BCUT2D eigenvalue weighted by Crippen LogP contribution is 2.30. The molecule has 140 valence electrons. The van der Waals surface area contributed by atoms with Crippen LogP contribution in [0.5, 0.6) is 0 Å². The highest BCUT2D eigenvalue weighted by Gasteiger charge is 2.36. The van der Waals surface area contributed by atoms with Crippen LogP contribution in [0.4, 0.5) is 0 Å². The topological polar surface area (TPSA) is 52.5 Å². The van der Waals surface area contributed by atoms with E-state index < -0.39 is 0 Å². The zero-order valence-corrected chi connectivity index (χ0v) is 16.3. The van der Waals surface area contributed by atoms with Crippen molar-refractivity contribution in [3.05, 3.63) is 40.7 Å². The van der Waals surface area contributed by atoms with Crippen LogP contribution in [0.2, 0.25) is 5.02 Å². The van der Waals surface area contributed by atoms with Crippen LogP contribution in [0.1, 0.15) is 55.6 Å². The summed E-state index contributed by atoms with van der Waals surface area (Å²) >= 11 is 6.14. The van der Waals surface area contributed by atoms with Crippen LogP contribution in [0.15, 0.2) is 24.3 Å². The Morgan fingerprint density at radius 2 is 1.73 bits per heavy atom. The van der Waals surface area contributed by atoms with Crippen molar-refractivity contribution in [2.75, 3.05) is 33.2 Å². The van der Waals surface area contributed by atoms with Gasteiger partial charge in [-0.3, -0.25) is 0 Å². The van der Waals surface area contributed by atoms with Gasteiger partial charge in [0, 0.05) is 10.6 Å². The third-order valence-corrected chi connectivity index (χ3v) is 6.31. The largest absolute Gasteiger partial charge is 0.328 e. The summed E-state index contributed by atoms with van der Waals surface area (Å²) in [6, 6.07) is 8.88. The van der Waals surface area contributed by atoms with Crippen molar-refractivity contribution < 1.29 is 9.80 Å². The number of quaternary nitrogens is 2. The zero-order valence-electron chi connectivity index (χ0n) is 15.5. The van der Waals surface area contributed by atoms with E-state index in [0.29, 0.717) is 6.04 Å². The molecule has 0 radical (unpaired) electrons. The number of tetrazole rings is 1. The predicted octanol–water partition coefficient (Wildman–Crippen LogP) is 0.334. The third kappa shape index (κ3) is 3.77. The summed E-state index contributed by atoms with van der Waals surface area (Å²) in [6.45, 7) is 4.64. The first-order valence-electron chi connectivity index (χ1n) is 9.91. The molecule has 2 N–H and O–H groups in total. The van der Waals surface area contributed by atoms with Crippen LogP contribution in [-0.4, -0.2) is 53.4 Å². The van der Waals surface area contributed by atoms with Gasteiger partial charge in [0.2, 0.25) is 5.82 Å². The van der Waals surface area contributed by atoms with Gasteiger partial charge in [-0.25, -0.2) is 4.68 Å². The average Bonchev–Trinajstić information content (AvgIpc) is 3.15. The monoisotopic (exact) mass is 376 g/mol. The Labute approximate surface area is 160 Å². The van der Waals surface area contributed by atoms with Crippen molar-refractivity contribution in [2.45, 2.75) is 44.2 Å². The minimum Gasteiger partial charge on any atom is -0.328 e. The normalized spacial score (nSPS) is 25.9. The Bertz CT molecular complexity index is 701. The molecule has 1 saturated carbocycles. The van der Waals surface area contributed by atoms with Gasteiger partial charge in [0.15, 0.2) is 6.04 Å². The molecule has 0 amide bonds. The molecule has 2 aromatic rings. The first-order chi connectivity index (χ1) is 12.7. The number of likely N-dealkylation sites (N-methyl/N-ethyl adjacent to an activating group) is 1. The van der Waals surface area contributed by atoms with Gasteiger partial charge in [0.1, 0.15) is 26.2 Å². The first-order valence-corrected chi connectivity index (χ1v) is 10.3. The van der Waals surface area contributed by atoms with Crippen LogP contribution in [-0.2, 0) is 0 Å². The van der Waals surface area contributed by atoms with Crippen molar-refractivity contribution in [1.29, 1.82) is 0 Å². The number of nitrogens with zero attached hydrogens (tertiary/aromatic N) is 4. The van der Waals surface area contributed by atoms with Gasteiger partial charge in [0.05, 0.1) is 13.1 Å². The van der Waals surface area contributed by atoms with Gasteiger partial charge >= 0.3 is 0 Å². The molecule has 1 aromatic heterocycles. The third-order valence-electron chi connectivity index (χ3n) is 6.05. The second-order valence-electron chi connectivity index (χ2n) is 7.87. The molecule has 0 bridgehead atoms. The summed E-state index contributed by atoms with van der Waals surface area (Å²) in [5.41, 5.74) is 1.26. The number of hydrogen-bond acceptors (Lipinski definition) is 3. The molecule has 1 saturated heterocycles. The van der Waals surface area contributed by atoms with Gasteiger partial charge < -0.3 is 9.80 Å². The Kier molecular flexibility index (Phi) is 5.52. The second kappa shape index (κ2) is 8.03. The zero-order chi connectivity index (χ0) is 17.9. The highest BCUT2D eigenvalue weighted by atomic mass is 35.5. The number of aromatic nitrogens is 4. The number of rotatable bonds is 4. The molecule has 4 rings (SSSR count). The molecule has 1 atom stereocenters. The highest BCUT2D eigenvalue weighted by molar-refractivity contribution is 6.30. The molecule has 7 heteroatoms. The molecule has 26 heavy (non-hydrogen) atoms. The molecule has 0 unspecified atom stereocenters. The van der Waals surface area contributed by atoms with Crippen molar-refractivity contribution in [3.63, 3.8) is 0 Å². The summed E-state index contributed by atoms with van der Waals surface area (Å²) in [7, 11) is 2.28. The minimum absolute atomic E-state index is 0.178. The van der Waals surface area contributed by atoms with E-state index >= 15 is 0 Å². The lowest BCUT2D eigenvalue weighted by Gasteiger charge is -2.33. The maximum absolute atomic E-state index is 6.14. The Morgan fingerprint density at radius 1 is 1.04 bits per heavy atom. The molecule has 2 aliphatic rings. The lowest BCUT2D eigenvalue weighted by Crippen LogP contribution is -3.27. The molecular formula is C19H29ClN6+2. The van der Waals surface area contributed by atoms with Gasteiger partial charge in [-0.05, 0) is 35.4 Å². The van der Waals surface area contributed by atoms with Gasteiger partial charge in [-0.15, -0.1) is 5.10 Å². The summed E-state index contributed by atoms with van der Waals surface area (Å²) in [5, 5.41) is 13.8. The second-order valence-corrected chi connectivity index (χ2v) is 8.31. The maximum atomic E-state index is 6.14. The molecule has 1 aliphatic carbocycles. The van der Waals surface area contributed by atoms with Crippen molar-refractivity contribution in [3.8, 4) is 0 Å². The first kappa shape index (κ1) is 17.9. The molecule has 0 spiro atoms. The molecule has 2 heterocycles. The Balaban J connectivity index is 1.69. The van der Waals surface area contributed by atoms with Crippen LogP contribution in [0, 0.1) is 0 Å². The number of nitrogens with one attached hydrogen (secondary N) is 2. The smallest absolute Gasteiger partial charge is 0.214 e. The number of piperazine rings is 1. The van der Waals surface area contributed by atoms with Gasteiger partial charge in [-0.1, -0.05) is 43.0 Å². The van der Waals surface area contributed by atoms with Crippen molar-refractivity contribution >= 4 is 11.6 Å². The molecule has 1 aromatic carbocycles. The minimum atomic E-state index is 0.178. The van der Waals surface area contributed by atoms with E-state index in [-0.39, 0.29) is 6.04 Å². The quantitative estimate of drug-likeness (QED) is 0.808. The Morgan fingerprint density at radius 3 is 2.42 bits per heavy atom.